The number of aliphatic hydroxyl groups excluding tert-OH is 1. The molecule has 0 bridgehead atoms. The molecule has 2 fully saturated rings. The van der Waals surface area contributed by atoms with Crippen LogP contribution in [0, 0.1) is 16.0 Å². The highest BCUT2D eigenvalue weighted by Crippen LogP contribution is 2.38. The van der Waals surface area contributed by atoms with Gasteiger partial charge in [0.05, 0.1) is 11.1 Å². The van der Waals surface area contributed by atoms with Gasteiger partial charge in [-0.25, -0.2) is 0 Å². The fourth-order valence-electron chi connectivity index (χ4n) is 2.95. The third-order valence-corrected chi connectivity index (χ3v) is 4.27. The molecule has 1 aliphatic carbocycles. The monoisotopic (exact) mass is 293 g/mol. The van der Waals surface area contributed by atoms with Crippen molar-refractivity contribution in [3.05, 3.63) is 28.1 Å². The molecule has 3 rings (SSSR count). The summed E-state index contributed by atoms with van der Waals surface area (Å²) >= 11 is 0. The number of hydrogen-bond donors (Lipinski definition) is 1. The molecule has 2 heterocycles. The Hall–Kier alpha value is -1.89. The van der Waals surface area contributed by atoms with Gasteiger partial charge in [-0.2, -0.15) is 0 Å². The first-order valence-electron chi connectivity index (χ1n) is 7.36. The van der Waals surface area contributed by atoms with Crippen LogP contribution in [0.25, 0.3) is 0 Å². The van der Waals surface area contributed by atoms with Crippen LogP contribution in [0.5, 0.6) is 0 Å². The van der Waals surface area contributed by atoms with Crippen molar-refractivity contribution >= 4 is 11.6 Å². The van der Waals surface area contributed by atoms with Crippen LogP contribution in [0.1, 0.15) is 42.2 Å². The van der Waals surface area contributed by atoms with E-state index in [1.807, 2.05) is 0 Å². The smallest absolute Gasteiger partial charge is 0.287 e. The zero-order valence-corrected chi connectivity index (χ0v) is 11.8. The van der Waals surface area contributed by atoms with Gasteiger partial charge in [0.1, 0.15) is 5.69 Å². The standard InChI is InChI=1S/C14H19N3O4/c18-9-10-2-1-5-15(7-10)14(19)13-6-12(17(20)21)8-16(13)11-3-4-11/h6,8,10-11,18H,1-5,7,9H2. The number of aliphatic hydroxyl groups is 1. The Morgan fingerprint density at radius 1 is 1.43 bits per heavy atom. The minimum Gasteiger partial charge on any atom is -0.396 e. The Morgan fingerprint density at radius 2 is 2.19 bits per heavy atom. The molecule has 1 amide bonds. The molecular weight excluding hydrogens is 274 g/mol. The minimum absolute atomic E-state index is 0.0269. The second-order valence-corrected chi connectivity index (χ2v) is 5.92. The molecule has 1 N–H and O–H groups in total. The lowest BCUT2D eigenvalue weighted by atomic mass is 9.99. The van der Waals surface area contributed by atoms with E-state index < -0.39 is 4.92 Å². The summed E-state index contributed by atoms with van der Waals surface area (Å²) in [6, 6.07) is 1.60. The van der Waals surface area contributed by atoms with Gasteiger partial charge in [0.15, 0.2) is 0 Å². The van der Waals surface area contributed by atoms with Gasteiger partial charge in [-0.1, -0.05) is 0 Å². The molecule has 1 saturated carbocycles. The van der Waals surface area contributed by atoms with Crippen LogP contribution in [0.2, 0.25) is 0 Å². The van der Waals surface area contributed by atoms with E-state index >= 15 is 0 Å². The molecule has 1 aromatic heterocycles. The minimum atomic E-state index is -0.456. The van der Waals surface area contributed by atoms with Crippen molar-refractivity contribution in [3.8, 4) is 0 Å². The largest absolute Gasteiger partial charge is 0.396 e. The SMILES string of the molecule is O=C(c1cc([N+](=O)[O-])cn1C1CC1)N1CCCC(CO)C1. The Bertz CT molecular complexity index is 565. The third kappa shape index (κ3) is 2.78. The number of aromatic nitrogens is 1. The predicted molar refractivity (Wildman–Crippen MR) is 75.1 cm³/mol. The second-order valence-electron chi connectivity index (χ2n) is 5.92. The maximum Gasteiger partial charge on any atom is 0.287 e. The van der Waals surface area contributed by atoms with Crippen LogP contribution < -0.4 is 0 Å². The summed E-state index contributed by atoms with van der Waals surface area (Å²) in [7, 11) is 0. The number of carbonyl (C=O) groups is 1. The lowest BCUT2D eigenvalue weighted by Crippen LogP contribution is -2.41. The first kappa shape index (κ1) is 14.1. The number of nitro groups is 1. The molecule has 1 aliphatic heterocycles. The van der Waals surface area contributed by atoms with E-state index in [9.17, 15) is 20.0 Å². The van der Waals surface area contributed by atoms with E-state index in [0.717, 1.165) is 25.7 Å². The van der Waals surface area contributed by atoms with Crippen molar-refractivity contribution in [1.29, 1.82) is 0 Å². The summed E-state index contributed by atoms with van der Waals surface area (Å²) in [5.74, 6) is -0.0461. The first-order valence-corrected chi connectivity index (χ1v) is 7.36. The van der Waals surface area contributed by atoms with Crippen molar-refractivity contribution in [2.45, 2.75) is 31.7 Å². The summed E-state index contributed by atoms with van der Waals surface area (Å²) in [4.78, 5) is 24.8. The number of nitrogens with zero attached hydrogens (tertiary/aromatic N) is 3. The first-order chi connectivity index (χ1) is 10.1. The van der Waals surface area contributed by atoms with E-state index in [2.05, 4.69) is 0 Å². The number of piperidine rings is 1. The Kier molecular flexibility index (Phi) is 3.67. The molecule has 1 atom stereocenters. The number of hydrogen-bond acceptors (Lipinski definition) is 4. The average Bonchev–Trinajstić information content (AvgIpc) is 3.24. The van der Waals surface area contributed by atoms with Crippen molar-refractivity contribution in [2.75, 3.05) is 19.7 Å². The molecule has 0 radical (unpaired) electrons. The topological polar surface area (TPSA) is 88.6 Å². The average molecular weight is 293 g/mol. The van der Waals surface area contributed by atoms with Crippen LogP contribution in [-0.2, 0) is 0 Å². The van der Waals surface area contributed by atoms with Gasteiger partial charge < -0.3 is 14.6 Å². The summed E-state index contributed by atoms with van der Waals surface area (Å²) in [5.41, 5.74) is 0.378. The van der Waals surface area contributed by atoms with Gasteiger partial charge in [-0.3, -0.25) is 14.9 Å². The quantitative estimate of drug-likeness (QED) is 0.674. The number of rotatable bonds is 4. The van der Waals surface area contributed by atoms with Crippen molar-refractivity contribution in [2.24, 2.45) is 5.92 Å². The molecule has 1 unspecified atom stereocenters. The molecule has 0 aromatic carbocycles. The van der Waals surface area contributed by atoms with Crippen molar-refractivity contribution in [1.82, 2.24) is 9.47 Å². The molecule has 21 heavy (non-hydrogen) atoms. The fourth-order valence-corrected chi connectivity index (χ4v) is 2.95. The third-order valence-electron chi connectivity index (χ3n) is 4.27. The van der Waals surface area contributed by atoms with E-state index in [1.165, 1.54) is 12.3 Å². The number of carbonyl (C=O) groups excluding carboxylic acids is 1. The maximum atomic E-state index is 12.7. The zero-order valence-electron chi connectivity index (χ0n) is 11.8. The molecule has 1 saturated heterocycles. The fraction of sp³-hybridized carbons (Fsp3) is 0.643. The number of likely N-dealkylation sites (tertiary alicyclic amines) is 1. The van der Waals surface area contributed by atoms with Gasteiger partial charge in [0.2, 0.25) is 0 Å². The highest BCUT2D eigenvalue weighted by atomic mass is 16.6. The van der Waals surface area contributed by atoms with Gasteiger partial charge in [-0.15, -0.1) is 0 Å². The lowest BCUT2D eigenvalue weighted by molar-refractivity contribution is -0.384. The summed E-state index contributed by atoms with van der Waals surface area (Å²) < 4.78 is 1.75. The molecule has 1 aromatic rings. The van der Waals surface area contributed by atoms with Crippen LogP contribution in [-0.4, -0.2) is 45.1 Å². The molecule has 7 heteroatoms. The Morgan fingerprint density at radius 3 is 2.81 bits per heavy atom. The Balaban J connectivity index is 1.84. The van der Waals surface area contributed by atoms with E-state index in [0.29, 0.717) is 18.8 Å². The lowest BCUT2D eigenvalue weighted by Gasteiger charge is -2.32. The normalized spacial score (nSPS) is 22.3. The summed E-state index contributed by atoms with van der Waals surface area (Å²) in [6.07, 6.45) is 5.18. The zero-order chi connectivity index (χ0) is 15.0. The molecule has 0 spiro atoms. The van der Waals surface area contributed by atoms with Crippen molar-refractivity contribution < 1.29 is 14.8 Å². The van der Waals surface area contributed by atoms with Gasteiger partial charge in [0.25, 0.3) is 11.6 Å². The highest BCUT2D eigenvalue weighted by Gasteiger charge is 2.33. The predicted octanol–water partition coefficient (Wildman–Crippen LogP) is 1.58. The van der Waals surface area contributed by atoms with Crippen LogP contribution in [0.4, 0.5) is 5.69 Å². The van der Waals surface area contributed by atoms with Crippen LogP contribution >= 0.6 is 0 Å². The maximum absolute atomic E-state index is 12.7. The van der Waals surface area contributed by atoms with Gasteiger partial charge >= 0.3 is 0 Å². The second kappa shape index (κ2) is 5.48. The van der Waals surface area contributed by atoms with E-state index in [1.54, 1.807) is 9.47 Å². The Labute approximate surface area is 122 Å². The molecule has 2 aliphatic rings. The molecule has 114 valence electrons. The van der Waals surface area contributed by atoms with Crippen molar-refractivity contribution in [3.63, 3.8) is 0 Å². The number of amides is 1. The van der Waals surface area contributed by atoms with Gasteiger partial charge in [0, 0.05) is 31.8 Å². The van der Waals surface area contributed by atoms with E-state index in [4.69, 9.17) is 0 Å². The summed E-state index contributed by atoms with van der Waals surface area (Å²) in [5, 5.41) is 20.2. The molecule has 7 nitrogen and oxygen atoms in total. The van der Waals surface area contributed by atoms with Crippen LogP contribution in [0.15, 0.2) is 12.3 Å². The summed E-state index contributed by atoms with van der Waals surface area (Å²) in [6.45, 7) is 1.26. The highest BCUT2D eigenvalue weighted by molar-refractivity contribution is 5.93. The molecular formula is C14H19N3O4. The van der Waals surface area contributed by atoms with Gasteiger partial charge in [-0.05, 0) is 31.6 Å². The van der Waals surface area contributed by atoms with Crippen LogP contribution in [0.3, 0.4) is 0 Å². The van der Waals surface area contributed by atoms with E-state index in [-0.39, 0.29) is 30.2 Å².